The third kappa shape index (κ3) is 3.50. The van der Waals surface area contributed by atoms with Crippen LogP contribution in [0.4, 0.5) is 0 Å². The zero-order valence-electron chi connectivity index (χ0n) is 15.0. The predicted molar refractivity (Wildman–Crippen MR) is 101 cm³/mol. The van der Waals surface area contributed by atoms with Crippen LogP contribution in [0.2, 0.25) is 0 Å². The minimum absolute atomic E-state index is 0.148. The first-order valence-corrected chi connectivity index (χ1v) is 8.37. The van der Waals surface area contributed by atoms with E-state index in [1.54, 1.807) is 0 Å². The molecule has 0 aliphatic heterocycles. The van der Waals surface area contributed by atoms with E-state index in [-0.39, 0.29) is 5.54 Å². The van der Waals surface area contributed by atoms with Crippen LogP contribution in [0.15, 0.2) is 54.9 Å². The largest absolute Gasteiger partial charge is 0.311 e. The van der Waals surface area contributed by atoms with Gasteiger partial charge in [0.15, 0.2) is 0 Å². The Bertz CT molecular complexity index is 800. The van der Waals surface area contributed by atoms with E-state index in [9.17, 15) is 0 Å². The zero-order chi connectivity index (χ0) is 17.2. The van der Waals surface area contributed by atoms with E-state index in [4.69, 9.17) is 0 Å². The number of aromatic nitrogens is 2. The molecule has 0 saturated heterocycles. The summed E-state index contributed by atoms with van der Waals surface area (Å²) in [5.41, 5.74) is 4.74. The summed E-state index contributed by atoms with van der Waals surface area (Å²) < 4.78 is 2.13. The van der Waals surface area contributed by atoms with Crippen molar-refractivity contribution in [1.82, 2.24) is 19.8 Å². The first kappa shape index (κ1) is 16.7. The first-order valence-electron chi connectivity index (χ1n) is 8.37. The molecule has 0 saturated carbocycles. The van der Waals surface area contributed by atoms with Crippen molar-refractivity contribution in [2.75, 3.05) is 20.6 Å². The second-order valence-corrected chi connectivity index (χ2v) is 7.08. The standard InChI is InChI=1S/C20H26N4/c1-20(2,23(3)4)14-21-13-16-9-11-17(12-10-16)24-15-22-18-7-5-6-8-19(18)24/h5-12,15,21H,13-14H2,1-4H3. The van der Waals surface area contributed by atoms with Crippen molar-refractivity contribution in [1.29, 1.82) is 0 Å². The number of imidazole rings is 1. The lowest BCUT2D eigenvalue weighted by molar-refractivity contribution is 0.190. The van der Waals surface area contributed by atoms with Crippen LogP contribution in [0, 0.1) is 0 Å². The average Bonchev–Trinajstić information content (AvgIpc) is 2.99. The Morgan fingerprint density at radius 3 is 2.46 bits per heavy atom. The quantitative estimate of drug-likeness (QED) is 0.754. The molecule has 0 amide bonds. The molecule has 1 aromatic heterocycles. The summed E-state index contributed by atoms with van der Waals surface area (Å²) in [6.07, 6.45) is 1.89. The lowest BCUT2D eigenvalue weighted by Gasteiger charge is -2.32. The van der Waals surface area contributed by atoms with Gasteiger partial charge in [-0.25, -0.2) is 4.98 Å². The summed E-state index contributed by atoms with van der Waals surface area (Å²) in [7, 11) is 4.23. The number of benzene rings is 2. The molecule has 1 N–H and O–H groups in total. The van der Waals surface area contributed by atoms with Crippen molar-refractivity contribution in [2.45, 2.75) is 25.9 Å². The third-order valence-electron chi connectivity index (χ3n) is 4.77. The van der Waals surface area contributed by atoms with Gasteiger partial charge in [-0.05, 0) is 57.8 Å². The fourth-order valence-corrected chi connectivity index (χ4v) is 2.61. The van der Waals surface area contributed by atoms with E-state index < -0.39 is 0 Å². The molecule has 126 valence electrons. The van der Waals surface area contributed by atoms with Crippen molar-refractivity contribution < 1.29 is 0 Å². The van der Waals surface area contributed by atoms with Crippen molar-refractivity contribution in [3.63, 3.8) is 0 Å². The molecule has 4 nitrogen and oxygen atoms in total. The second-order valence-electron chi connectivity index (χ2n) is 7.08. The molecule has 0 bridgehead atoms. The van der Waals surface area contributed by atoms with Crippen molar-refractivity contribution in [2.24, 2.45) is 0 Å². The number of hydrogen-bond donors (Lipinski definition) is 1. The Morgan fingerprint density at radius 1 is 1.04 bits per heavy atom. The van der Waals surface area contributed by atoms with Gasteiger partial charge in [-0.2, -0.15) is 0 Å². The van der Waals surface area contributed by atoms with Crippen LogP contribution in [-0.4, -0.2) is 40.6 Å². The molecule has 0 unspecified atom stereocenters. The van der Waals surface area contributed by atoms with Crippen LogP contribution in [0.5, 0.6) is 0 Å². The summed E-state index contributed by atoms with van der Waals surface area (Å²) in [6, 6.07) is 16.9. The highest BCUT2D eigenvalue weighted by molar-refractivity contribution is 5.77. The molecule has 0 radical (unpaired) electrons. The zero-order valence-corrected chi connectivity index (χ0v) is 15.0. The molecule has 0 atom stereocenters. The molecule has 0 spiro atoms. The van der Waals surface area contributed by atoms with Crippen LogP contribution < -0.4 is 5.32 Å². The molecular weight excluding hydrogens is 296 g/mol. The summed E-state index contributed by atoms with van der Waals surface area (Å²) in [6.45, 7) is 6.32. The summed E-state index contributed by atoms with van der Waals surface area (Å²) in [5, 5.41) is 3.55. The van der Waals surface area contributed by atoms with E-state index in [2.05, 4.69) is 78.0 Å². The number of para-hydroxylation sites is 2. The van der Waals surface area contributed by atoms with Gasteiger partial charge in [0.05, 0.1) is 11.0 Å². The fraction of sp³-hybridized carbons (Fsp3) is 0.350. The van der Waals surface area contributed by atoms with Crippen LogP contribution in [0.1, 0.15) is 19.4 Å². The summed E-state index contributed by atoms with van der Waals surface area (Å²) in [5.74, 6) is 0. The highest BCUT2D eigenvalue weighted by Gasteiger charge is 2.19. The Morgan fingerprint density at radius 2 is 1.75 bits per heavy atom. The number of hydrogen-bond acceptors (Lipinski definition) is 3. The normalized spacial score (nSPS) is 12.2. The average molecular weight is 322 g/mol. The number of likely N-dealkylation sites (N-methyl/N-ethyl adjacent to an activating group) is 1. The first-order chi connectivity index (χ1) is 11.5. The smallest absolute Gasteiger partial charge is 0.100 e. The number of nitrogens with one attached hydrogen (secondary N) is 1. The van der Waals surface area contributed by atoms with Gasteiger partial charge >= 0.3 is 0 Å². The van der Waals surface area contributed by atoms with Gasteiger partial charge in [-0.3, -0.25) is 4.57 Å². The SMILES string of the molecule is CN(C)C(C)(C)CNCc1ccc(-n2cnc3ccccc32)cc1. The Kier molecular flexibility index (Phi) is 4.69. The highest BCUT2D eigenvalue weighted by Crippen LogP contribution is 2.18. The van der Waals surface area contributed by atoms with Gasteiger partial charge in [-0.15, -0.1) is 0 Å². The molecule has 24 heavy (non-hydrogen) atoms. The van der Waals surface area contributed by atoms with E-state index >= 15 is 0 Å². The molecule has 2 aromatic carbocycles. The Hall–Kier alpha value is -2.17. The topological polar surface area (TPSA) is 33.1 Å². The van der Waals surface area contributed by atoms with E-state index in [0.29, 0.717) is 0 Å². The van der Waals surface area contributed by atoms with Crippen LogP contribution >= 0.6 is 0 Å². The van der Waals surface area contributed by atoms with Gasteiger partial charge in [0, 0.05) is 24.3 Å². The minimum Gasteiger partial charge on any atom is -0.311 e. The third-order valence-corrected chi connectivity index (χ3v) is 4.77. The number of nitrogens with zero attached hydrogens (tertiary/aromatic N) is 3. The maximum absolute atomic E-state index is 4.46. The molecule has 3 aromatic rings. The van der Waals surface area contributed by atoms with E-state index in [1.165, 1.54) is 5.56 Å². The summed E-state index contributed by atoms with van der Waals surface area (Å²) in [4.78, 5) is 6.70. The van der Waals surface area contributed by atoms with Crippen LogP contribution in [0.3, 0.4) is 0 Å². The van der Waals surface area contributed by atoms with Gasteiger partial charge in [-0.1, -0.05) is 24.3 Å². The van der Waals surface area contributed by atoms with Crippen molar-refractivity contribution in [3.8, 4) is 5.69 Å². The second kappa shape index (κ2) is 6.75. The fourth-order valence-electron chi connectivity index (χ4n) is 2.61. The molecule has 0 aliphatic carbocycles. The van der Waals surface area contributed by atoms with Gasteiger partial charge in [0.2, 0.25) is 0 Å². The minimum atomic E-state index is 0.148. The molecule has 4 heteroatoms. The molecule has 1 heterocycles. The molecule has 0 fully saturated rings. The van der Waals surface area contributed by atoms with Crippen LogP contribution in [0.25, 0.3) is 16.7 Å². The maximum atomic E-state index is 4.46. The lowest BCUT2D eigenvalue weighted by atomic mass is 10.0. The summed E-state index contributed by atoms with van der Waals surface area (Å²) >= 11 is 0. The Balaban J connectivity index is 1.68. The van der Waals surface area contributed by atoms with Gasteiger partial charge < -0.3 is 10.2 Å². The van der Waals surface area contributed by atoms with Gasteiger partial charge in [0.25, 0.3) is 0 Å². The van der Waals surface area contributed by atoms with Crippen molar-refractivity contribution >= 4 is 11.0 Å². The molecule has 0 aliphatic rings. The van der Waals surface area contributed by atoms with E-state index in [0.717, 1.165) is 29.8 Å². The number of rotatable bonds is 6. The maximum Gasteiger partial charge on any atom is 0.100 e. The number of fused-ring (bicyclic) bond motifs is 1. The predicted octanol–water partition coefficient (Wildman–Crippen LogP) is 3.46. The van der Waals surface area contributed by atoms with Crippen molar-refractivity contribution in [3.05, 3.63) is 60.4 Å². The van der Waals surface area contributed by atoms with Gasteiger partial charge in [0.1, 0.15) is 6.33 Å². The monoisotopic (exact) mass is 322 g/mol. The molecular formula is C20H26N4. The highest BCUT2D eigenvalue weighted by atomic mass is 15.2. The van der Waals surface area contributed by atoms with Crippen LogP contribution in [-0.2, 0) is 6.54 Å². The Labute approximate surface area is 144 Å². The lowest BCUT2D eigenvalue weighted by Crippen LogP contribution is -2.46. The van der Waals surface area contributed by atoms with E-state index in [1.807, 2.05) is 24.5 Å². The molecule has 3 rings (SSSR count).